The van der Waals surface area contributed by atoms with Crippen molar-refractivity contribution < 1.29 is 4.92 Å². The molecule has 0 saturated carbocycles. The first-order chi connectivity index (χ1) is 6.24. The van der Waals surface area contributed by atoms with E-state index in [0.717, 1.165) is 11.9 Å². The number of nitrogens with zero attached hydrogens (tertiary/aromatic N) is 2. The molecule has 0 fully saturated rings. The highest BCUT2D eigenvalue weighted by molar-refractivity contribution is 9.09. The van der Waals surface area contributed by atoms with E-state index in [1.165, 1.54) is 6.20 Å². The minimum atomic E-state index is -0.548. The van der Waals surface area contributed by atoms with Gasteiger partial charge >= 0.3 is 5.95 Å². The van der Waals surface area contributed by atoms with E-state index in [1.807, 2.05) is 0 Å². The number of hydrogen-bond donors (Lipinski definition) is 2. The average molecular weight is 249 g/mol. The highest BCUT2D eigenvalue weighted by atomic mass is 79.9. The Kier molecular flexibility index (Phi) is 3.84. The number of H-pyrrole nitrogens is 1. The third-order valence-corrected chi connectivity index (χ3v) is 1.77. The van der Waals surface area contributed by atoms with E-state index in [-0.39, 0.29) is 5.95 Å². The second-order valence-electron chi connectivity index (χ2n) is 2.35. The normalized spacial score (nSPS) is 10.2. The minimum absolute atomic E-state index is 0.212. The van der Waals surface area contributed by atoms with Crippen molar-refractivity contribution in [2.45, 2.75) is 6.54 Å². The van der Waals surface area contributed by atoms with Crippen molar-refractivity contribution in [1.82, 2.24) is 15.3 Å². The van der Waals surface area contributed by atoms with Crippen molar-refractivity contribution in [3.63, 3.8) is 0 Å². The summed E-state index contributed by atoms with van der Waals surface area (Å²) >= 11 is 3.25. The van der Waals surface area contributed by atoms with Crippen molar-refractivity contribution in [3.05, 3.63) is 22.0 Å². The van der Waals surface area contributed by atoms with E-state index in [1.54, 1.807) is 0 Å². The van der Waals surface area contributed by atoms with E-state index >= 15 is 0 Å². The second-order valence-corrected chi connectivity index (χ2v) is 3.15. The molecule has 1 rings (SSSR count). The summed E-state index contributed by atoms with van der Waals surface area (Å²) in [6, 6.07) is 0. The van der Waals surface area contributed by atoms with Crippen LogP contribution < -0.4 is 5.32 Å². The van der Waals surface area contributed by atoms with Crippen LogP contribution in [0.3, 0.4) is 0 Å². The van der Waals surface area contributed by atoms with Gasteiger partial charge in [0.25, 0.3) is 0 Å². The summed E-state index contributed by atoms with van der Waals surface area (Å²) in [5.41, 5.74) is 0.715. The zero-order valence-electron chi connectivity index (χ0n) is 6.79. The predicted octanol–water partition coefficient (Wildman–Crippen LogP) is 0.802. The Morgan fingerprint density at radius 1 is 1.77 bits per heavy atom. The number of aromatic nitrogens is 2. The molecular weight excluding hydrogens is 240 g/mol. The van der Waals surface area contributed by atoms with Gasteiger partial charge in [-0.25, -0.2) is 4.98 Å². The van der Waals surface area contributed by atoms with Crippen molar-refractivity contribution >= 4 is 21.9 Å². The largest absolute Gasteiger partial charge is 0.432 e. The SMILES string of the molecule is O=[N+]([O-])c1ncc(CNCCBr)[nH]1. The molecule has 13 heavy (non-hydrogen) atoms. The maximum atomic E-state index is 10.2. The first-order valence-electron chi connectivity index (χ1n) is 3.69. The zero-order valence-corrected chi connectivity index (χ0v) is 8.37. The molecule has 0 aliphatic heterocycles. The molecule has 0 saturated heterocycles. The van der Waals surface area contributed by atoms with E-state index < -0.39 is 4.92 Å². The van der Waals surface area contributed by atoms with Gasteiger partial charge in [-0.15, -0.1) is 0 Å². The Labute approximate surface area is 83.0 Å². The van der Waals surface area contributed by atoms with Crippen molar-refractivity contribution in [2.24, 2.45) is 0 Å². The second kappa shape index (κ2) is 4.93. The van der Waals surface area contributed by atoms with Crippen LogP contribution in [-0.2, 0) is 6.54 Å². The fourth-order valence-corrected chi connectivity index (χ4v) is 1.10. The van der Waals surface area contributed by atoms with Gasteiger partial charge in [0.2, 0.25) is 0 Å². The average Bonchev–Trinajstić information content (AvgIpc) is 2.53. The first-order valence-corrected chi connectivity index (χ1v) is 4.81. The van der Waals surface area contributed by atoms with Gasteiger partial charge in [-0.3, -0.25) is 0 Å². The van der Waals surface area contributed by atoms with Crippen LogP contribution in [0.25, 0.3) is 0 Å². The molecule has 1 aromatic heterocycles. The van der Waals surface area contributed by atoms with Gasteiger partial charge in [0, 0.05) is 11.9 Å². The lowest BCUT2D eigenvalue weighted by molar-refractivity contribution is -0.393. The molecule has 0 radical (unpaired) electrons. The third kappa shape index (κ3) is 3.11. The molecular formula is C6H9BrN4O2. The Bertz CT molecular complexity index is 288. The summed E-state index contributed by atoms with van der Waals surface area (Å²) < 4.78 is 0. The minimum Gasteiger partial charge on any atom is -0.390 e. The smallest absolute Gasteiger partial charge is 0.390 e. The molecule has 2 N–H and O–H groups in total. The van der Waals surface area contributed by atoms with Crippen LogP contribution in [0.5, 0.6) is 0 Å². The number of rotatable bonds is 5. The van der Waals surface area contributed by atoms with Gasteiger partial charge in [0.1, 0.15) is 11.9 Å². The van der Waals surface area contributed by atoms with Crippen LogP contribution >= 0.6 is 15.9 Å². The number of aromatic amines is 1. The van der Waals surface area contributed by atoms with Crippen molar-refractivity contribution in [3.8, 4) is 0 Å². The maximum absolute atomic E-state index is 10.2. The van der Waals surface area contributed by atoms with Gasteiger partial charge in [-0.1, -0.05) is 20.9 Å². The Hall–Kier alpha value is -0.950. The fraction of sp³-hybridized carbons (Fsp3) is 0.500. The van der Waals surface area contributed by atoms with E-state index in [9.17, 15) is 10.1 Å². The van der Waals surface area contributed by atoms with Crippen LogP contribution in [0.1, 0.15) is 5.69 Å². The molecule has 1 heterocycles. The molecule has 72 valence electrons. The lowest BCUT2D eigenvalue weighted by Gasteiger charge is -1.95. The quantitative estimate of drug-likeness (QED) is 0.350. The van der Waals surface area contributed by atoms with Crippen molar-refractivity contribution in [2.75, 3.05) is 11.9 Å². The lowest BCUT2D eigenvalue weighted by Crippen LogP contribution is -2.15. The molecule has 0 spiro atoms. The monoisotopic (exact) mass is 248 g/mol. The predicted molar refractivity (Wildman–Crippen MR) is 50.7 cm³/mol. The lowest BCUT2D eigenvalue weighted by atomic mass is 10.5. The van der Waals surface area contributed by atoms with Gasteiger partial charge in [0.05, 0.1) is 6.54 Å². The van der Waals surface area contributed by atoms with E-state index in [0.29, 0.717) is 12.2 Å². The summed E-state index contributed by atoms with van der Waals surface area (Å²) in [6.45, 7) is 1.37. The highest BCUT2D eigenvalue weighted by Gasteiger charge is 2.09. The van der Waals surface area contributed by atoms with E-state index in [2.05, 4.69) is 31.2 Å². The van der Waals surface area contributed by atoms with Crippen LogP contribution in [0.2, 0.25) is 0 Å². The standard InChI is InChI=1S/C6H9BrN4O2/c7-1-2-8-3-5-4-9-6(10-5)11(12)13/h4,8H,1-3H2,(H,9,10). The van der Waals surface area contributed by atoms with Gasteiger partial charge < -0.3 is 15.4 Å². The zero-order chi connectivity index (χ0) is 9.68. The summed E-state index contributed by atoms with van der Waals surface area (Å²) in [4.78, 5) is 15.9. The number of alkyl halides is 1. The number of nitrogens with one attached hydrogen (secondary N) is 2. The molecule has 0 bridgehead atoms. The molecule has 0 unspecified atom stereocenters. The van der Waals surface area contributed by atoms with Gasteiger partial charge in [-0.05, 0) is 4.92 Å². The van der Waals surface area contributed by atoms with E-state index in [4.69, 9.17) is 0 Å². The number of nitro groups is 1. The van der Waals surface area contributed by atoms with Crippen LogP contribution in [0.15, 0.2) is 6.20 Å². The van der Waals surface area contributed by atoms with Crippen molar-refractivity contribution in [1.29, 1.82) is 0 Å². The molecule has 0 atom stereocenters. The molecule has 1 aromatic rings. The molecule has 0 amide bonds. The molecule has 0 aliphatic carbocycles. The summed E-state index contributed by atoms with van der Waals surface area (Å²) in [7, 11) is 0. The molecule has 0 aromatic carbocycles. The highest BCUT2D eigenvalue weighted by Crippen LogP contribution is 2.03. The van der Waals surface area contributed by atoms with Crippen LogP contribution in [-0.4, -0.2) is 26.8 Å². The third-order valence-electron chi connectivity index (χ3n) is 1.37. The van der Waals surface area contributed by atoms with Crippen LogP contribution in [0.4, 0.5) is 5.95 Å². The number of imidazole rings is 1. The summed E-state index contributed by atoms with van der Waals surface area (Å²) in [5.74, 6) is -0.212. The summed E-state index contributed by atoms with van der Waals surface area (Å²) in [5, 5.41) is 14.1. The van der Waals surface area contributed by atoms with Gasteiger partial charge in [-0.2, -0.15) is 0 Å². The molecule has 7 heteroatoms. The Morgan fingerprint density at radius 2 is 2.54 bits per heavy atom. The number of halogens is 1. The van der Waals surface area contributed by atoms with Gasteiger partial charge in [0.15, 0.2) is 0 Å². The summed E-state index contributed by atoms with van der Waals surface area (Å²) in [6.07, 6.45) is 1.46. The topological polar surface area (TPSA) is 83.8 Å². The maximum Gasteiger partial charge on any atom is 0.432 e. The Balaban J connectivity index is 2.44. The van der Waals surface area contributed by atoms with Crippen LogP contribution in [0, 0.1) is 10.1 Å². The fourth-order valence-electron chi connectivity index (χ4n) is 0.820. The molecule has 6 nitrogen and oxygen atoms in total. The molecule has 0 aliphatic rings. The number of hydrogen-bond acceptors (Lipinski definition) is 4. The first kappa shape index (κ1) is 10.1. The Morgan fingerprint density at radius 3 is 3.08 bits per heavy atom.